The molecule has 0 radical (unpaired) electrons. The van der Waals surface area contributed by atoms with Gasteiger partial charge in [-0.05, 0) is 12.8 Å². The van der Waals surface area contributed by atoms with Gasteiger partial charge < -0.3 is 40.3 Å². The van der Waals surface area contributed by atoms with Gasteiger partial charge in [0.1, 0.15) is 30.5 Å². The van der Waals surface area contributed by atoms with Crippen molar-refractivity contribution < 1.29 is 57.0 Å². The second-order valence-electron chi connectivity index (χ2n) is 17.6. The van der Waals surface area contributed by atoms with E-state index >= 15 is 0 Å². The molecule has 13 nitrogen and oxygen atoms in total. The van der Waals surface area contributed by atoms with Crippen LogP contribution in [0, 0.1) is 0 Å². The van der Waals surface area contributed by atoms with Crippen LogP contribution < -0.4 is 5.32 Å². The number of nitrogens with one attached hydrogen (secondary N) is 1. The molecule has 0 spiro atoms. The maximum Gasteiger partial charge on any atom is 0.397 e. The topological polar surface area (TPSA) is 212 Å². The number of carbonyl (C=O) groups excluding carboxylic acids is 1. The predicted molar refractivity (Wildman–Crippen MR) is 238 cm³/mol. The number of aliphatic hydroxyl groups excluding tert-OH is 5. The van der Waals surface area contributed by atoms with Gasteiger partial charge in [-0.25, -0.2) is 4.18 Å². The molecule has 0 aromatic heterocycles. The lowest BCUT2D eigenvalue weighted by Crippen LogP contribution is -2.61. The quantitative estimate of drug-likeness (QED) is 0.0227. The Kier molecular flexibility index (Phi) is 35.6. The summed E-state index contributed by atoms with van der Waals surface area (Å²) in [6.45, 7) is 3.09. The molecule has 0 saturated carbocycles. The Bertz CT molecular complexity index is 1100. The van der Waals surface area contributed by atoms with E-state index in [1.54, 1.807) is 0 Å². The van der Waals surface area contributed by atoms with E-state index in [1.165, 1.54) is 154 Å². The zero-order valence-electron chi connectivity index (χ0n) is 37.9. The minimum Gasteiger partial charge on any atom is -0.394 e. The molecule has 0 bridgehead atoms. The second-order valence-corrected chi connectivity index (χ2v) is 18.6. The van der Waals surface area contributed by atoms with Gasteiger partial charge in [0.25, 0.3) is 0 Å². The zero-order valence-corrected chi connectivity index (χ0v) is 38.7. The lowest BCUT2D eigenvalue weighted by Gasteiger charge is -2.41. The molecule has 8 atom stereocenters. The number of rotatable bonds is 42. The van der Waals surface area contributed by atoms with Crippen LogP contribution in [0.25, 0.3) is 0 Å². The second kappa shape index (κ2) is 37.4. The van der Waals surface area contributed by atoms with Gasteiger partial charge in [-0.15, -0.1) is 0 Å². The lowest BCUT2D eigenvalue weighted by atomic mass is 9.99. The summed E-state index contributed by atoms with van der Waals surface area (Å²) in [6.07, 6.45) is 28.8. The van der Waals surface area contributed by atoms with Crippen molar-refractivity contribution in [2.75, 3.05) is 13.2 Å². The number of aliphatic hydroxyl groups is 5. The fourth-order valence-corrected chi connectivity index (χ4v) is 8.62. The van der Waals surface area contributed by atoms with Crippen molar-refractivity contribution in [1.82, 2.24) is 5.32 Å². The molecule has 1 aliphatic heterocycles. The number of amides is 1. The predicted octanol–water partition coefficient (Wildman–Crippen LogP) is 8.75. The Balaban J connectivity index is 2.14. The molecule has 358 valence electrons. The molecular weight excluding hydrogens is 791 g/mol. The van der Waals surface area contributed by atoms with Crippen molar-refractivity contribution in [2.24, 2.45) is 0 Å². The Hall–Kier alpha value is -0.940. The van der Waals surface area contributed by atoms with E-state index in [0.717, 1.165) is 32.1 Å². The molecule has 7 N–H and O–H groups in total. The van der Waals surface area contributed by atoms with Gasteiger partial charge in [0.2, 0.25) is 5.91 Å². The van der Waals surface area contributed by atoms with Gasteiger partial charge in [-0.1, -0.05) is 213 Å². The van der Waals surface area contributed by atoms with Crippen molar-refractivity contribution in [3.63, 3.8) is 0 Å². The molecule has 0 aromatic rings. The first kappa shape index (κ1) is 57.1. The van der Waals surface area contributed by atoms with Crippen LogP contribution in [-0.4, -0.2) is 107 Å². The van der Waals surface area contributed by atoms with E-state index in [9.17, 15) is 38.7 Å². The molecule has 14 heteroatoms. The minimum atomic E-state index is -5.09. The summed E-state index contributed by atoms with van der Waals surface area (Å²) in [6, 6.07) is -1.02. The molecule has 1 saturated heterocycles. The van der Waals surface area contributed by atoms with E-state index in [-0.39, 0.29) is 6.42 Å². The third-order valence-electron chi connectivity index (χ3n) is 12.0. The first-order valence-corrected chi connectivity index (χ1v) is 25.9. The SMILES string of the molecule is CCCCCCCCCCCCCCCCCCCCCCCCCCCCCCC(O)C(=O)NC(COC1OC(CO)C(O)C(OS(=O)(=O)O)C1O)C(O)CCCCC. The van der Waals surface area contributed by atoms with Gasteiger partial charge in [-0.3, -0.25) is 9.35 Å². The monoisotopic (exact) mass is 882 g/mol. The number of ether oxygens (including phenoxy) is 2. The summed E-state index contributed by atoms with van der Waals surface area (Å²) < 4.78 is 47.1. The van der Waals surface area contributed by atoms with E-state index in [0.29, 0.717) is 19.3 Å². The Labute approximate surface area is 365 Å². The Morgan fingerprint density at radius 1 is 0.600 bits per heavy atom. The molecule has 1 rings (SSSR count). The summed E-state index contributed by atoms with van der Waals surface area (Å²) >= 11 is 0. The third-order valence-corrected chi connectivity index (χ3v) is 12.5. The third kappa shape index (κ3) is 29.4. The number of hydrogen-bond donors (Lipinski definition) is 7. The highest BCUT2D eigenvalue weighted by atomic mass is 32.3. The summed E-state index contributed by atoms with van der Waals surface area (Å²) in [7, 11) is -5.09. The molecule has 1 amide bonds. The molecule has 0 aliphatic carbocycles. The standard InChI is InChI=1S/C46H91NO12S/c1-3-5-7-8-9-10-11-12-13-14-15-16-17-18-19-20-21-22-23-24-25-26-27-28-29-30-31-33-35-40(50)45(53)47-38(39(49)34-32-6-4-2)37-57-46-43(52)44(59-60(54,55)56)42(51)41(36-48)58-46/h38-44,46,48-52H,3-37H2,1-2H3,(H,47,53)(H,54,55,56). The first-order chi connectivity index (χ1) is 28.9. The van der Waals surface area contributed by atoms with Crippen LogP contribution >= 0.6 is 0 Å². The zero-order chi connectivity index (χ0) is 44.3. The van der Waals surface area contributed by atoms with Crippen molar-refractivity contribution in [2.45, 2.75) is 275 Å². The highest BCUT2D eigenvalue weighted by Crippen LogP contribution is 2.26. The maximum atomic E-state index is 12.9. The highest BCUT2D eigenvalue weighted by molar-refractivity contribution is 7.80. The molecule has 1 heterocycles. The first-order valence-electron chi connectivity index (χ1n) is 24.5. The lowest BCUT2D eigenvalue weighted by molar-refractivity contribution is -0.298. The van der Waals surface area contributed by atoms with Crippen LogP contribution in [0.4, 0.5) is 0 Å². The van der Waals surface area contributed by atoms with Crippen LogP contribution in [-0.2, 0) is 28.9 Å². The molecule has 0 aromatic carbocycles. The van der Waals surface area contributed by atoms with Gasteiger partial charge in [0, 0.05) is 0 Å². The van der Waals surface area contributed by atoms with Gasteiger partial charge in [0.05, 0.1) is 25.4 Å². The molecular formula is C46H91NO12S. The summed E-state index contributed by atoms with van der Waals surface area (Å²) in [4.78, 5) is 12.9. The van der Waals surface area contributed by atoms with Gasteiger partial charge in [-0.2, -0.15) is 8.42 Å². The van der Waals surface area contributed by atoms with Crippen LogP contribution in [0.2, 0.25) is 0 Å². The van der Waals surface area contributed by atoms with Crippen LogP contribution in [0.1, 0.15) is 226 Å². The van der Waals surface area contributed by atoms with E-state index in [2.05, 4.69) is 16.4 Å². The Morgan fingerprint density at radius 3 is 1.35 bits per heavy atom. The van der Waals surface area contributed by atoms with Crippen molar-refractivity contribution in [3.05, 3.63) is 0 Å². The van der Waals surface area contributed by atoms with Crippen molar-refractivity contribution >= 4 is 16.3 Å². The minimum absolute atomic E-state index is 0.264. The average Bonchev–Trinajstić information content (AvgIpc) is 3.22. The Morgan fingerprint density at radius 2 is 0.967 bits per heavy atom. The number of carbonyl (C=O) groups is 1. The molecule has 1 aliphatic rings. The highest BCUT2D eigenvalue weighted by Gasteiger charge is 2.48. The van der Waals surface area contributed by atoms with Crippen LogP contribution in [0.15, 0.2) is 0 Å². The molecule has 8 unspecified atom stereocenters. The molecule has 1 fully saturated rings. The summed E-state index contributed by atoms with van der Waals surface area (Å²) in [5.74, 6) is -0.676. The number of unbranched alkanes of at least 4 members (excludes halogenated alkanes) is 29. The van der Waals surface area contributed by atoms with Crippen LogP contribution in [0.3, 0.4) is 0 Å². The van der Waals surface area contributed by atoms with Crippen LogP contribution in [0.5, 0.6) is 0 Å². The fourth-order valence-electron chi connectivity index (χ4n) is 8.11. The van der Waals surface area contributed by atoms with E-state index in [1.807, 2.05) is 6.92 Å². The summed E-state index contributed by atoms with van der Waals surface area (Å²) in [5, 5.41) is 54.6. The van der Waals surface area contributed by atoms with Gasteiger partial charge >= 0.3 is 10.4 Å². The van der Waals surface area contributed by atoms with E-state index < -0.39 is 78.5 Å². The number of hydrogen-bond acceptors (Lipinski definition) is 11. The fraction of sp³-hybridized carbons (Fsp3) is 0.978. The largest absolute Gasteiger partial charge is 0.397 e. The normalized spacial score (nSPS) is 21.2. The van der Waals surface area contributed by atoms with Gasteiger partial charge in [0.15, 0.2) is 6.29 Å². The maximum absolute atomic E-state index is 12.9. The smallest absolute Gasteiger partial charge is 0.394 e. The van der Waals surface area contributed by atoms with Crippen molar-refractivity contribution in [3.8, 4) is 0 Å². The molecule has 60 heavy (non-hydrogen) atoms. The average molecular weight is 882 g/mol. The van der Waals surface area contributed by atoms with E-state index in [4.69, 9.17) is 14.0 Å². The van der Waals surface area contributed by atoms with Crippen molar-refractivity contribution in [1.29, 1.82) is 0 Å². The summed E-state index contributed by atoms with van der Waals surface area (Å²) in [5.41, 5.74) is 0.